The molecule has 0 aliphatic carbocycles. The molecule has 11 heteroatoms. The van der Waals surface area contributed by atoms with E-state index in [4.69, 9.17) is 9.72 Å². The zero-order valence-electron chi connectivity index (χ0n) is 19.2. The minimum Gasteiger partial charge on any atom is -0.371 e. The number of carbonyl (C=O) groups is 1. The molecule has 0 spiro atoms. The first-order valence-electron chi connectivity index (χ1n) is 11.4. The van der Waals surface area contributed by atoms with Crippen LogP contribution in [-0.2, 0) is 20.3 Å². The molecule has 35 heavy (non-hydrogen) atoms. The number of amides is 2. The highest BCUT2D eigenvalue weighted by Gasteiger charge is 2.34. The fourth-order valence-corrected chi connectivity index (χ4v) is 5.04. The van der Waals surface area contributed by atoms with Crippen LogP contribution >= 0.6 is 0 Å². The Balaban J connectivity index is 1.37. The summed E-state index contributed by atoms with van der Waals surface area (Å²) in [6, 6.07) is 11.9. The third kappa shape index (κ3) is 5.92. The number of nitrogens with one attached hydrogen (secondary N) is 2. The van der Waals surface area contributed by atoms with Gasteiger partial charge in [-0.3, -0.25) is 4.98 Å². The Morgan fingerprint density at radius 1 is 1.00 bits per heavy atom. The number of sulfone groups is 1. The van der Waals surface area contributed by atoms with E-state index in [1.54, 1.807) is 54.9 Å². The molecule has 2 bridgehead atoms. The fourth-order valence-electron chi connectivity index (χ4n) is 4.35. The third-order valence-corrected chi connectivity index (χ3v) is 6.70. The lowest BCUT2D eigenvalue weighted by Gasteiger charge is -2.33. The van der Waals surface area contributed by atoms with Gasteiger partial charge in [-0.05, 0) is 49.2 Å². The molecule has 2 saturated heterocycles. The maximum Gasteiger partial charge on any atom is 0.323 e. The predicted octanol–water partition coefficient (Wildman–Crippen LogP) is 3.09. The van der Waals surface area contributed by atoms with Crippen LogP contribution in [0.5, 0.6) is 0 Å². The minimum absolute atomic E-state index is 0.165. The lowest BCUT2D eigenvalue weighted by molar-refractivity contribution is 0.0302. The van der Waals surface area contributed by atoms with Gasteiger partial charge in [0.2, 0.25) is 0 Å². The number of hydrogen-bond acceptors (Lipinski definition) is 8. The monoisotopic (exact) mass is 494 g/mol. The Labute approximate surface area is 203 Å². The standard InChI is InChI=1S/C24H26N6O4S/c1-35(32,33)15-19-12-22(30-13-20-6-7-21(14-30)34-20)29-23(26-19)16-2-4-17(5-3-16)27-24(31)28-18-8-10-25-11-9-18/h2-5,8-12,20-21H,6-7,13-15H2,1H3,(H2,25,27,28,31). The van der Waals surface area contributed by atoms with Gasteiger partial charge in [-0.25, -0.2) is 23.2 Å². The number of fused-ring (bicyclic) bond motifs is 2. The highest BCUT2D eigenvalue weighted by atomic mass is 32.2. The zero-order valence-corrected chi connectivity index (χ0v) is 20.0. The lowest BCUT2D eigenvalue weighted by Crippen LogP contribution is -2.43. The number of urea groups is 1. The van der Waals surface area contributed by atoms with Gasteiger partial charge in [0.25, 0.3) is 0 Å². The van der Waals surface area contributed by atoms with Gasteiger partial charge in [-0.2, -0.15) is 0 Å². The van der Waals surface area contributed by atoms with E-state index in [1.807, 2.05) is 0 Å². The summed E-state index contributed by atoms with van der Waals surface area (Å²) in [5.74, 6) is 0.974. The average molecular weight is 495 g/mol. The zero-order chi connectivity index (χ0) is 24.4. The molecule has 2 unspecified atom stereocenters. The van der Waals surface area contributed by atoms with E-state index < -0.39 is 9.84 Å². The predicted molar refractivity (Wildman–Crippen MR) is 133 cm³/mol. The van der Waals surface area contributed by atoms with E-state index in [9.17, 15) is 13.2 Å². The van der Waals surface area contributed by atoms with Crippen molar-refractivity contribution in [2.75, 3.05) is 34.9 Å². The second-order valence-corrected chi connectivity index (χ2v) is 11.0. The smallest absolute Gasteiger partial charge is 0.323 e. The van der Waals surface area contributed by atoms with Gasteiger partial charge < -0.3 is 20.3 Å². The summed E-state index contributed by atoms with van der Waals surface area (Å²) in [6.45, 7) is 1.45. The third-order valence-electron chi connectivity index (χ3n) is 5.88. The van der Waals surface area contributed by atoms with Crippen LogP contribution in [-0.4, -0.2) is 61.0 Å². The van der Waals surface area contributed by atoms with Crippen LogP contribution in [0.25, 0.3) is 11.4 Å². The maximum atomic E-state index is 12.3. The van der Waals surface area contributed by atoms with Crippen molar-refractivity contribution in [2.24, 2.45) is 0 Å². The van der Waals surface area contributed by atoms with Crippen molar-refractivity contribution in [2.45, 2.75) is 30.8 Å². The van der Waals surface area contributed by atoms with Gasteiger partial charge >= 0.3 is 6.03 Å². The number of morpholine rings is 1. The number of carbonyl (C=O) groups excluding carboxylic acids is 1. The van der Waals surface area contributed by atoms with Gasteiger partial charge in [0, 0.05) is 54.7 Å². The number of pyridine rings is 1. The minimum atomic E-state index is -3.27. The number of benzene rings is 1. The van der Waals surface area contributed by atoms with E-state index in [0.29, 0.717) is 28.7 Å². The highest BCUT2D eigenvalue weighted by Crippen LogP contribution is 2.30. The number of nitrogens with zero attached hydrogens (tertiary/aromatic N) is 4. The van der Waals surface area contributed by atoms with E-state index in [2.05, 4.69) is 25.5 Å². The highest BCUT2D eigenvalue weighted by molar-refractivity contribution is 7.89. The molecule has 2 amide bonds. The molecule has 5 rings (SSSR count). The maximum absolute atomic E-state index is 12.3. The van der Waals surface area contributed by atoms with Crippen molar-refractivity contribution in [3.8, 4) is 11.4 Å². The summed E-state index contributed by atoms with van der Waals surface area (Å²) in [6.07, 6.45) is 6.79. The van der Waals surface area contributed by atoms with Crippen molar-refractivity contribution in [1.29, 1.82) is 0 Å². The van der Waals surface area contributed by atoms with Crippen molar-refractivity contribution in [3.63, 3.8) is 0 Å². The second kappa shape index (κ2) is 9.59. The van der Waals surface area contributed by atoms with Gasteiger partial charge in [0.1, 0.15) is 5.82 Å². The first kappa shape index (κ1) is 23.2. The summed E-state index contributed by atoms with van der Waals surface area (Å²) >= 11 is 0. The summed E-state index contributed by atoms with van der Waals surface area (Å²) in [5, 5.41) is 5.51. The summed E-state index contributed by atoms with van der Waals surface area (Å²) in [7, 11) is -3.27. The molecule has 2 aliphatic rings. The second-order valence-electron chi connectivity index (χ2n) is 8.87. The van der Waals surface area contributed by atoms with Gasteiger partial charge in [0.15, 0.2) is 15.7 Å². The molecule has 182 valence electrons. The largest absolute Gasteiger partial charge is 0.371 e. The molecule has 2 fully saturated rings. The molecule has 1 aromatic carbocycles. The van der Waals surface area contributed by atoms with E-state index in [1.165, 1.54) is 6.26 Å². The number of rotatable bonds is 6. The van der Waals surface area contributed by atoms with Crippen LogP contribution < -0.4 is 15.5 Å². The van der Waals surface area contributed by atoms with Gasteiger partial charge in [-0.15, -0.1) is 0 Å². The first-order chi connectivity index (χ1) is 16.8. The first-order valence-corrected chi connectivity index (χ1v) is 13.4. The molecule has 0 saturated carbocycles. The van der Waals surface area contributed by atoms with Crippen LogP contribution in [0.4, 0.5) is 22.0 Å². The van der Waals surface area contributed by atoms with Crippen molar-refractivity contribution in [3.05, 3.63) is 60.6 Å². The topological polar surface area (TPSA) is 126 Å². The van der Waals surface area contributed by atoms with Gasteiger partial charge in [-0.1, -0.05) is 0 Å². The molecule has 10 nitrogen and oxygen atoms in total. The molecule has 2 aliphatic heterocycles. The Bertz CT molecular complexity index is 1310. The molecule has 2 atom stereocenters. The van der Waals surface area contributed by atoms with E-state index in [0.717, 1.165) is 31.5 Å². The number of ether oxygens (including phenoxy) is 1. The Hall–Kier alpha value is -3.57. The molecular formula is C24H26N6O4S. The summed E-state index contributed by atoms with van der Waals surface area (Å²) < 4.78 is 29.9. The average Bonchev–Trinajstić information content (AvgIpc) is 3.16. The van der Waals surface area contributed by atoms with Crippen LogP contribution in [0.2, 0.25) is 0 Å². The Morgan fingerprint density at radius 2 is 1.63 bits per heavy atom. The SMILES string of the molecule is CS(=O)(=O)Cc1cc(N2CC3CCC(C2)O3)nc(-c2ccc(NC(=O)Nc3ccncc3)cc2)n1. The molecule has 0 radical (unpaired) electrons. The van der Waals surface area contributed by atoms with Crippen molar-refractivity contribution < 1.29 is 17.9 Å². The summed E-state index contributed by atoms with van der Waals surface area (Å²) in [4.78, 5) is 27.6. The quantitative estimate of drug-likeness (QED) is 0.535. The van der Waals surface area contributed by atoms with E-state index >= 15 is 0 Å². The molecule has 3 aromatic rings. The number of hydrogen-bond donors (Lipinski definition) is 2. The number of aromatic nitrogens is 3. The van der Waals surface area contributed by atoms with Crippen LogP contribution in [0.3, 0.4) is 0 Å². The fraction of sp³-hybridized carbons (Fsp3) is 0.333. The van der Waals surface area contributed by atoms with Crippen molar-refractivity contribution in [1.82, 2.24) is 15.0 Å². The van der Waals surface area contributed by atoms with Crippen LogP contribution in [0, 0.1) is 0 Å². The molecule has 2 aromatic heterocycles. The van der Waals surface area contributed by atoms with Gasteiger partial charge in [0.05, 0.1) is 23.7 Å². The summed E-state index contributed by atoms with van der Waals surface area (Å²) in [5.41, 5.74) is 2.40. The Morgan fingerprint density at radius 3 is 2.26 bits per heavy atom. The Kier molecular flexibility index (Phi) is 6.35. The lowest BCUT2D eigenvalue weighted by atomic mass is 10.2. The van der Waals surface area contributed by atoms with Crippen molar-refractivity contribution >= 4 is 33.1 Å². The number of anilines is 3. The van der Waals surface area contributed by atoms with Crippen LogP contribution in [0.1, 0.15) is 18.5 Å². The van der Waals surface area contributed by atoms with E-state index in [-0.39, 0.29) is 24.0 Å². The molecule has 2 N–H and O–H groups in total. The van der Waals surface area contributed by atoms with Crippen LogP contribution in [0.15, 0.2) is 54.9 Å². The normalized spacial score (nSPS) is 19.4. The molecule has 4 heterocycles. The molecular weight excluding hydrogens is 468 g/mol.